The highest BCUT2D eigenvalue weighted by Crippen LogP contribution is 2.32. The van der Waals surface area contributed by atoms with Crippen LogP contribution in [0.1, 0.15) is 29.8 Å². The Kier molecular flexibility index (Phi) is 6.05. The summed E-state index contributed by atoms with van der Waals surface area (Å²) in [6.45, 7) is 5.05. The standard InChI is InChI=1S/C17H21F3N2O3/c1-3-25-16(24)12(2)21-8-10-22(11-9-21)15(23)13-6-4-5-7-14(13)17(18,19)20/h4-7,12H,3,8-11H2,1-2H3. The van der Waals surface area contributed by atoms with Gasteiger partial charge in [0.25, 0.3) is 5.91 Å². The molecule has 5 nitrogen and oxygen atoms in total. The number of esters is 1. The Hall–Kier alpha value is -2.09. The van der Waals surface area contributed by atoms with Crippen molar-refractivity contribution >= 4 is 11.9 Å². The van der Waals surface area contributed by atoms with E-state index in [4.69, 9.17) is 4.74 Å². The van der Waals surface area contributed by atoms with E-state index < -0.39 is 23.7 Å². The van der Waals surface area contributed by atoms with E-state index in [1.165, 1.54) is 23.1 Å². The van der Waals surface area contributed by atoms with Crippen LogP contribution in [0.3, 0.4) is 0 Å². The zero-order chi connectivity index (χ0) is 18.6. The summed E-state index contributed by atoms with van der Waals surface area (Å²) in [5.74, 6) is -0.985. The van der Waals surface area contributed by atoms with Gasteiger partial charge in [-0.1, -0.05) is 12.1 Å². The molecule has 0 spiro atoms. The molecule has 0 N–H and O–H groups in total. The maximum Gasteiger partial charge on any atom is 0.417 e. The predicted molar refractivity (Wildman–Crippen MR) is 85.0 cm³/mol. The average molecular weight is 358 g/mol. The molecule has 0 radical (unpaired) electrons. The van der Waals surface area contributed by atoms with Crippen LogP contribution < -0.4 is 0 Å². The van der Waals surface area contributed by atoms with Crippen molar-refractivity contribution in [2.75, 3.05) is 32.8 Å². The number of benzene rings is 1. The van der Waals surface area contributed by atoms with Crippen LogP contribution in [0.15, 0.2) is 24.3 Å². The number of rotatable bonds is 4. The third-order valence-electron chi connectivity index (χ3n) is 4.24. The van der Waals surface area contributed by atoms with Crippen LogP contribution >= 0.6 is 0 Å². The minimum atomic E-state index is -4.58. The summed E-state index contributed by atoms with van der Waals surface area (Å²) in [7, 11) is 0. The molecule has 1 aromatic rings. The third kappa shape index (κ3) is 4.50. The molecule has 1 unspecified atom stereocenters. The van der Waals surface area contributed by atoms with E-state index in [2.05, 4.69) is 0 Å². The molecule has 1 heterocycles. The summed E-state index contributed by atoms with van der Waals surface area (Å²) in [5, 5.41) is 0. The molecule has 0 aromatic heterocycles. The Bertz CT molecular complexity index is 626. The quantitative estimate of drug-likeness (QED) is 0.776. The van der Waals surface area contributed by atoms with E-state index in [9.17, 15) is 22.8 Å². The van der Waals surface area contributed by atoms with Crippen molar-refractivity contribution in [3.8, 4) is 0 Å². The Balaban J connectivity index is 2.04. The topological polar surface area (TPSA) is 49.9 Å². The van der Waals surface area contributed by atoms with Gasteiger partial charge in [0.1, 0.15) is 6.04 Å². The molecule has 138 valence electrons. The first-order valence-corrected chi connectivity index (χ1v) is 8.12. The van der Waals surface area contributed by atoms with Crippen molar-refractivity contribution in [3.05, 3.63) is 35.4 Å². The summed E-state index contributed by atoms with van der Waals surface area (Å²) in [6.07, 6.45) is -4.58. The normalized spacial score (nSPS) is 17.2. The summed E-state index contributed by atoms with van der Waals surface area (Å²) >= 11 is 0. The molecule has 1 amide bonds. The number of nitrogens with zero attached hydrogens (tertiary/aromatic N) is 2. The molecule has 1 fully saturated rings. The molecule has 25 heavy (non-hydrogen) atoms. The fourth-order valence-corrected chi connectivity index (χ4v) is 2.81. The molecule has 1 aromatic carbocycles. The van der Waals surface area contributed by atoms with Crippen molar-refractivity contribution in [2.45, 2.75) is 26.1 Å². The highest BCUT2D eigenvalue weighted by Gasteiger charge is 2.36. The van der Waals surface area contributed by atoms with Crippen LogP contribution in [0.2, 0.25) is 0 Å². The minimum Gasteiger partial charge on any atom is -0.465 e. The lowest BCUT2D eigenvalue weighted by Crippen LogP contribution is -2.53. The molecular weight excluding hydrogens is 337 g/mol. The van der Waals surface area contributed by atoms with Crippen molar-refractivity contribution in [1.29, 1.82) is 0 Å². The molecule has 0 aliphatic carbocycles. The predicted octanol–water partition coefficient (Wildman–Crippen LogP) is 2.41. The number of halogens is 3. The van der Waals surface area contributed by atoms with Gasteiger partial charge in [0, 0.05) is 26.2 Å². The minimum absolute atomic E-state index is 0.259. The van der Waals surface area contributed by atoms with Crippen LogP contribution in [0.5, 0.6) is 0 Å². The van der Waals surface area contributed by atoms with Crippen molar-refractivity contribution in [3.63, 3.8) is 0 Å². The van der Waals surface area contributed by atoms with Gasteiger partial charge in [-0.05, 0) is 26.0 Å². The smallest absolute Gasteiger partial charge is 0.417 e. The summed E-state index contributed by atoms with van der Waals surface area (Å²) in [4.78, 5) is 27.5. The Morgan fingerprint density at radius 3 is 2.32 bits per heavy atom. The summed E-state index contributed by atoms with van der Waals surface area (Å²) in [6, 6.07) is 4.34. The van der Waals surface area contributed by atoms with Gasteiger partial charge in [0.15, 0.2) is 0 Å². The van der Waals surface area contributed by atoms with Gasteiger partial charge in [-0.25, -0.2) is 0 Å². The number of hydrogen-bond acceptors (Lipinski definition) is 4. The van der Waals surface area contributed by atoms with Crippen molar-refractivity contribution in [2.24, 2.45) is 0 Å². The lowest BCUT2D eigenvalue weighted by Gasteiger charge is -2.37. The zero-order valence-corrected chi connectivity index (χ0v) is 14.2. The first kappa shape index (κ1) is 19.2. The number of amides is 1. The number of ether oxygens (including phenoxy) is 1. The second kappa shape index (κ2) is 7.86. The highest BCUT2D eigenvalue weighted by atomic mass is 19.4. The van der Waals surface area contributed by atoms with E-state index >= 15 is 0 Å². The van der Waals surface area contributed by atoms with Crippen molar-refractivity contribution in [1.82, 2.24) is 9.80 Å². The monoisotopic (exact) mass is 358 g/mol. The van der Waals surface area contributed by atoms with Crippen LogP contribution in [0.4, 0.5) is 13.2 Å². The van der Waals surface area contributed by atoms with E-state index in [1.807, 2.05) is 4.90 Å². The number of piperazine rings is 1. The molecule has 8 heteroatoms. The molecule has 1 aliphatic rings. The SMILES string of the molecule is CCOC(=O)C(C)N1CCN(C(=O)c2ccccc2C(F)(F)F)CC1. The van der Waals surface area contributed by atoms with Crippen LogP contribution in [-0.4, -0.2) is 60.5 Å². The molecule has 2 rings (SSSR count). The van der Waals surface area contributed by atoms with Gasteiger partial charge >= 0.3 is 12.1 Å². The van der Waals surface area contributed by atoms with E-state index in [1.54, 1.807) is 13.8 Å². The zero-order valence-electron chi connectivity index (χ0n) is 14.2. The van der Waals surface area contributed by atoms with Gasteiger partial charge < -0.3 is 9.64 Å². The third-order valence-corrected chi connectivity index (χ3v) is 4.24. The second-order valence-electron chi connectivity index (χ2n) is 5.80. The Labute approximate surface area is 144 Å². The van der Waals surface area contributed by atoms with Crippen LogP contribution in [-0.2, 0) is 15.7 Å². The fraction of sp³-hybridized carbons (Fsp3) is 0.529. The summed E-state index contributed by atoms with van der Waals surface area (Å²) < 4.78 is 44.2. The maximum atomic E-state index is 13.1. The number of carbonyl (C=O) groups excluding carboxylic acids is 2. The number of hydrogen-bond donors (Lipinski definition) is 0. The first-order valence-electron chi connectivity index (χ1n) is 8.12. The lowest BCUT2D eigenvalue weighted by atomic mass is 10.1. The molecule has 0 bridgehead atoms. The largest absolute Gasteiger partial charge is 0.465 e. The Morgan fingerprint density at radius 1 is 1.16 bits per heavy atom. The van der Waals surface area contributed by atoms with E-state index in [0.29, 0.717) is 13.1 Å². The van der Waals surface area contributed by atoms with Crippen LogP contribution in [0.25, 0.3) is 0 Å². The highest BCUT2D eigenvalue weighted by molar-refractivity contribution is 5.96. The van der Waals surface area contributed by atoms with Gasteiger partial charge in [0.2, 0.25) is 0 Å². The average Bonchev–Trinajstić information content (AvgIpc) is 2.60. The molecule has 0 saturated carbocycles. The number of alkyl halides is 3. The van der Waals surface area contributed by atoms with Gasteiger partial charge in [-0.3, -0.25) is 14.5 Å². The maximum absolute atomic E-state index is 13.1. The van der Waals surface area contributed by atoms with Gasteiger partial charge in [-0.15, -0.1) is 0 Å². The fourth-order valence-electron chi connectivity index (χ4n) is 2.81. The van der Waals surface area contributed by atoms with E-state index in [-0.39, 0.29) is 31.2 Å². The van der Waals surface area contributed by atoms with Crippen molar-refractivity contribution < 1.29 is 27.5 Å². The molecule has 1 atom stereocenters. The second-order valence-corrected chi connectivity index (χ2v) is 5.80. The van der Waals surface area contributed by atoms with Crippen LogP contribution in [0, 0.1) is 0 Å². The molecular formula is C17H21F3N2O3. The summed E-state index contributed by atoms with van der Waals surface area (Å²) in [5.41, 5.74) is -1.27. The molecule has 1 aliphatic heterocycles. The first-order chi connectivity index (χ1) is 11.8. The lowest BCUT2D eigenvalue weighted by molar-refractivity contribution is -0.149. The van der Waals surface area contributed by atoms with E-state index in [0.717, 1.165) is 6.07 Å². The molecule has 1 saturated heterocycles. The van der Waals surface area contributed by atoms with Gasteiger partial charge in [0.05, 0.1) is 17.7 Å². The number of carbonyl (C=O) groups is 2. The Morgan fingerprint density at radius 2 is 1.76 bits per heavy atom. The van der Waals surface area contributed by atoms with Gasteiger partial charge in [-0.2, -0.15) is 13.2 Å².